The second-order valence-corrected chi connectivity index (χ2v) is 5.45. The molecule has 1 rings (SSSR count). The number of amides is 2. The third-order valence-corrected chi connectivity index (χ3v) is 3.15. The van der Waals surface area contributed by atoms with Crippen molar-refractivity contribution in [1.29, 1.82) is 0 Å². The van der Waals surface area contributed by atoms with Crippen LogP contribution in [0.15, 0.2) is 24.3 Å². The fourth-order valence-electron chi connectivity index (χ4n) is 1.75. The third-order valence-electron chi connectivity index (χ3n) is 3.15. The zero-order valence-corrected chi connectivity index (χ0v) is 14.2. The van der Waals surface area contributed by atoms with Crippen molar-refractivity contribution in [2.75, 3.05) is 5.32 Å². The van der Waals surface area contributed by atoms with Gasteiger partial charge in [0.25, 0.3) is 0 Å². The highest BCUT2D eigenvalue weighted by Gasteiger charge is 2.11. The van der Waals surface area contributed by atoms with E-state index >= 15 is 0 Å². The van der Waals surface area contributed by atoms with Crippen LogP contribution in [0.5, 0.6) is 0 Å². The maximum absolute atomic E-state index is 11.7. The number of rotatable bonds is 7. The monoisotopic (exact) mass is 327 g/mol. The smallest absolute Gasteiger partial charge is 0.237 e. The molecule has 1 atom stereocenters. The summed E-state index contributed by atoms with van der Waals surface area (Å²) in [6.07, 6.45) is 1.57. The van der Waals surface area contributed by atoms with E-state index in [9.17, 15) is 9.59 Å². The van der Waals surface area contributed by atoms with Crippen LogP contribution in [-0.4, -0.2) is 17.9 Å². The minimum absolute atomic E-state index is 0. The summed E-state index contributed by atoms with van der Waals surface area (Å²) in [5, 5.41) is 5.63. The fraction of sp³-hybridized carbons (Fsp3) is 0.500. The van der Waals surface area contributed by atoms with E-state index in [2.05, 4.69) is 10.6 Å². The summed E-state index contributed by atoms with van der Waals surface area (Å²) in [6, 6.07) is 6.96. The van der Waals surface area contributed by atoms with Gasteiger partial charge in [0.1, 0.15) is 0 Å². The lowest BCUT2D eigenvalue weighted by molar-refractivity contribution is -0.122. The Morgan fingerprint density at radius 3 is 2.23 bits per heavy atom. The molecular weight excluding hydrogens is 302 g/mol. The normalized spacial score (nSPS) is 11.5. The zero-order chi connectivity index (χ0) is 15.8. The second kappa shape index (κ2) is 10.2. The topological polar surface area (TPSA) is 84.2 Å². The third kappa shape index (κ3) is 6.91. The first-order valence-electron chi connectivity index (χ1n) is 7.37. The summed E-state index contributed by atoms with van der Waals surface area (Å²) in [6.45, 7) is 6.13. The van der Waals surface area contributed by atoms with Gasteiger partial charge in [0.15, 0.2) is 0 Å². The number of nitrogens with two attached hydrogens (primary N) is 1. The van der Waals surface area contributed by atoms with Gasteiger partial charge in [-0.15, -0.1) is 12.4 Å². The average Bonchev–Trinajstić information content (AvgIpc) is 2.46. The highest BCUT2D eigenvalue weighted by Crippen LogP contribution is 2.11. The van der Waals surface area contributed by atoms with E-state index in [4.69, 9.17) is 5.73 Å². The highest BCUT2D eigenvalue weighted by atomic mass is 35.5. The maximum Gasteiger partial charge on any atom is 0.237 e. The van der Waals surface area contributed by atoms with Crippen molar-refractivity contribution < 1.29 is 9.59 Å². The minimum Gasteiger partial charge on any atom is -0.351 e. The highest BCUT2D eigenvalue weighted by molar-refractivity contribution is 5.92. The minimum atomic E-state index is -0.445. The van der Waals surface area contributed by atoms with Crippen molar-refractivity contribution in [3.05, 3.63) is 29.8 Å². The summed E-state index contributed by atoms with van der Waals surface area (Å²) in [5.74, 6) is -0.195. The van der Waals surface area contributed by atoms with Crippen LogP contribution in [0.25, 0.3) is 0 Å². The molecule has 0 saturated carbocycles. The molecule has 0 heterocycles. The molecule has 1 aromatic rings. The number of hydrogen-bond donors (Lipinski definition) is 3. The van der Waals surface area contributed by atoms with Crippen LogP contribution in [0.1, 0.15) is 39.2 Å². The second-order valence-electron chi connectivity index (χ2n) is 5.45. The molecular formula is C16H26ClN3O2. The molecule has 0 aliphatic rings. The van der Waals surface area contributed by atoms with Crippen LogP contribution in [0, 0.1) is 5.92 Å². The molecule has 2 amide bonds. The SMILES string of the molecule is CCCC(N)C(=O)NCc1ccc(NC(=O)C(C)C)cc1.Cl. The Labute approximate surface area is 138 Å². The number of halogens is 1. The van der Waals surface area contributed by atoms with Crippen LogP contribution in [0.3, 0.4) is 0 Å². The molecule has 1 unspecified atom stereocenters. The van der Waals surface area contributed by atoms with E-state index in [0.29, 0.717) is 13.0 Å². The van der Waals surface area contributed by atoms with Gasteiger partial charge in [-0.2, -0.15) is 0 Å². The van der Waals surface area contributed by atoms with Gasteiger partial charge in [0.05, 0.1) is 6.04 Å². The van der Waals surface area contributed by atoms with E-state index < -0.39 is 6.04 Å². The van der Waals surface area contributed by atoms with Crippen LogP contribution in [-0.2, 0) is 16.1 Å². The van der Waals surface area contributed by atoms with Crippen molar-refractivity contribution in [2.24, 2.45) is 11.7 Å². The fourth-order valence-corrected chi connectivity index (χ4v) is 1.75. The molecule has 0 saturated heterocycles. The zero-order valence-electron chi connectivity index (χ0n) is 13.4. The van der Waals surface area contributed by atoms with Gasteiger partial charge < -0.3 is 16.4 Å². The maximum atomic E-state index is 11.7. The number of nitrogens with one attached hydrogen (secondary N) is 2. The first kappa shape index (κ1) is 20.4. The van der Waals surface area contributed by atoms with Crippen LogP contribution < -0.4 is 16.4 Å². The predicted molar refractivity (Wildman–Crippen MR) is 91.9 cm³/mol. The van der Waals surface area contributed by atoms with Gasteiger partial charge in [-0.25, -0.2) is 0 Å². The molecule has 124 valence electrons. The molecule has 0 aliphatic carbocycles. The Bertz CT molecular complexity index is 475. The Morgan fingerprint density at radius 1 is 1.14 bits per heavy atom. The van der Waals surface area contributed by atoms with Crippen molar-refractivity contribution in [3.63, 3.8) is 0 Å². The van der Waals surface area contributed by atoms with Gasteiger partial charge >= 0.3 is 0 Å². The quantitative estimate of drug-likeness (QED) is 0.719. The molecule has 0 spiro atoms. The number of carbonyl (C=O) groups excluding carboxylic acids is 2. The molecule has 4 N–H and O–H groups in total. The van der Waals surface area contributed by atoms with Crippen molar-refractivity contribution >= 4 is 29.9 Å². The molecule has 5 nitrogen and oxygen atoms in total. The number of hydrogen-bond acceptors (Lipinski definition) is 3. The number of anilines is 1. The van der Waals surface area contributed by atoms with Crippen molar-refractivity contribution in [3.8, 4) is 0 Å². The first-order chi connectivity index (χ1) is 9.93. The Morgan fingerprint density at radius 2 is 1.73 bits per heavy atom. The number of benzene rings is 1. The lowest BCUT2D eigenvalue weighted by Gasteiger charge is -2.12. The molecule has 0 aromatic heterocycles. The van der Waals surface area contributed by atoms with E-state index in [1.54, 1.807) is 0 Å². The summed E-state index contributed by atoms with van der Waals surface area (Å²) < 4.78 is 0. The van der Waals surface area contributed by atoms with Crippen molar-refractivity contribution in [2.45, 2.75) is 46.2 Å². The molecule has 22 heavy (non-hydrogen) atoms. The van der Waals surface area contributed by atoms with Gasteiger partial charge in [-0.1, -0.05) is 39.3 Å². The van der Waals surface area contributed by atoms with Gasteiger partial charge in [0, 0.05) is 18.2 Å². The first-order valence-corrected chi connectivity index (χ1v) is 7.37. The summed E-state index contributed by atoms with van der Waals surface area (Å²) in [7, 11) is 0. The molecule has 0 aliphatic heterocycles. The average molecular weight is 328 g/mol. The van der Waals surface area contributed by atoms with E-state index in [1.165, 1.54) is 0 Å². The van der Waals surface area contributed by atoms with Crippen LogP contribution >= 0.6 is 12.4 Å². The van der Waals surface area contributed by atoms with Crippen LogP contribution in [0.2, 0.25) is 0 Å². The van der Waals surface area contributed by atoms with Crippen LogP contribution in [0.4, 0.5) is 5.69 Å². The molecule has 1 aromatic carbocycles. The van der Waals surface area contributed by atoms with Gasteiger partial charge in [-0.3, -0.25) is 9.59 Å². The summed E-state index contributed by atoms with van der Waals surface area (Å²) >= 11 is 0. The predicted octanol–water partition coefficient (Wildman–Crippen LogP) is 2.45. The van der Waals surface area contributed by atoms with Crippen molar-refractivity contribution in [1.82, 2.24) is 5.32 Å². The molecule has 0 radical (unpaired) electrons. The van der Waals surface area contributed by atoms with E-state index in [1.807, 2.05) is 45.0 Å². The Hall–Kier alpha value is -1.59. The lowest BCUT2D eigenvalue weighted by atomic mass is 10.1. The van der Waals surface area contributed by atoms with Gasteiger partial charge in [0.2, 0.25) is 11.8 Å². The number of carbonyl (C=O) groups is 2. The molecule has 6 heteroatoms. The Balaban J connectivity index is 0.00000441. The van der Waals surface area contributed by atoms with E-state index in [-0.39, 0.29) is 30.1 Å². The lowest BCUT2D eigenvalue weighted by Crippen LogP contribution is -2.40. The van der Waals surface area contributed by atoms with Gasteiger partial charge in [-0.05, 0) is 24.1 Å². The molecule has 0 bridgehead atoms. The summed E-state index contributed by atoms with van der Waals surface area (Å²) in [4.78, 5) is 23.3. The summed E-state index contributed by atoms with van der Waals surface area (Å²) in [5.41, 5.74) is 7.46. The van der Waals surface area contributed by atoms with E-state index in [0.717, 1.165) is 17.7 Å². The largest absolute Gasteiger partial charge is 0.351 e. The standard InChI is InChI=1S/C16H25N3O2.ClH/c1-4-5-14(17)16(21)18-10-12-6-8-13(9-7-12)19-15(20)11(2)3;/h6-9,11,14H,4-5,10,17H2,1-3H3,(H,18,21)(H,19,20);1H. The Kier molecular flexibility index (Phi) is 9.45. The molecule has 0 fully saturated rings.